The first-order valence-electron chi connectivity index (χ1n) is 9.23. The summed E-state index contributed by atoms with van der Waals surface area (Å²) >= 11 is 0. The van der Waals surface area contributed by atoms with E-state index < -0.39 is 50.4 Å². The first kappa shape index (κ1) is 22.6. The molecule has 0 unspecified atom stereocenters. The van der Waals surface area contributed by atoms with Gasteiger partial charge in [-0.1, -0.05) is 13.8 Å². The molecule has 31 heavy (non-hydrogen) atoms. The summed E-state index contributed by atoms with van der Waals surface area (Å²) in [6.07, 6.45) is 2.62. The predicted octanol–water partition coefficient (Wildman–Crippen LogP) is 3.17. The highest BCUT2D eigenvalue weighted by Crippen LogP contribution is 2.43. The molecular weight excluding hydrogens is 430 g/mol. The van der Waals surface area contributed by atoms with Crippen molar-refractivity contribution < 1.29 is 27.3 Å². The lowest BCUT2D eigenvalue weighted by molar-refractivity contribution is -0.124. The third kappa shape index (κ3) is 4.22. The largest absolute Gasteiger partial charge is 0.491 e. The molecule has 1 aliphatic rings. The van der Waals surface area contributed by atoms with E-state index in [0.29, 0.717) is 0 Å². The van der Waals surface area contributed by atoms with Gasteiger partial charge in [0.1, 0.15) is 11.1 Å². The fourth-order valence-corrected chi connectivity index (χ4v) is 4.06. The number of ether oxygens (including phenoxy) is 1. The second-order valence-electron chi connectivity index (χ2n) is 7.91. The zero-order valence-electron chi connectivity index (χ0n) is 17.4. The second kappa shape index (κ2) is 7.88. The number of benzene rings is 1. The Kier molecular flexibility index (Phi) is 5.74. The van der Waals surface area contributed by atoms with Gasteiger partial charge in [-0.05, 0) is 30.7 Å². The number of hydrogen-bond acceptors (Lipinski definition) is 6. The summed E-state index contributed by atoms with van der Waals surface area (Å²) in [5.41, 5.74) is -0.762. The average Bonchev–Trinajstić information content (AvgIpc) is 2.93. The summed E-state index contributed by atoms with van der Waals surface area (Å²) < 4.78 is 52.5. The van der Waals surface area contributed by atoms with Crippen LogP contribution in [-0.4, -0.2) is 40.4 Å². The van der Waals surface area contributed by atoms with Crippen LogP contribution in [0.15, 0.2) is 35.5 Å². The molecule has 1 saturated heterocycles. The zero-order chi connectivity index (χ0) is 23.1. The monoisotopic (exact) mass is 452 g/mol. The number of aromatic nitrogens is 1. The predicted molar refractivity (Wildman–Crippen MR) is 111 cm³/mol. The highest BCUT2D eigenvalue weighted by molar-refractivity contribution is 7.91. The van der Waals surface area contributed by atoms with Gasteiger partial charge in [-0.2, -0.15) is 4.39 Å². The van der Waals surface area contributed by atoms with Gasteiger partial charge in [0.2, 0.25) is 17.6 Å². The third-order valence-corrected chi connectivity index (χ3v) is 6.03. The lowest BCUT2D eigenvalue weighted by Crippen LogP contribution is -2.42. The molecule has 0 bridgehead atoms. The molecule has 1 aromatic carbocycles. The number of rotatable bonds is 5. The average molecular weight is 452 g/mol. The number of anilines is 2. The van der Waals surface area contributed by atoms with Gasteiger partial charge in [0.25, 0.3) is 0 Å². The van der Waals surface area contributed by atoms with Crippen molar-refractivity contribution in [1.29, 1.82) is 4.78 Å². The Morgan fingerprint density at radius 1 is 1.35 bits per heavy atom. The molecule has 1 fully saturated rings. The van der Waals surface area contributed by atoms with Crippen LogP contribution in [0.3, 0.4) is 0 Å². The molecule has 1 aromatic heterocycles. The van der Waals surface area contributed by atoms with E-state index in [9.17, 15) is 22.6 Å². The van der Waals surface area contributed by atoms with E-state index in [2.05, 4.69) is 10.3 Å². The van der Waals surface area contributed by atoms with Crippen molar-refractivity contribution >= 4 is 32.9 Å². The van der Waals surface area contributed by atoms with Crippen molar-refractivity contribution in [2.24, 2.45) is 5.41 Å². The van der Waals surface area contributed by atoms with Crippen LogP contribution >= 0.6 is 0 Å². The number of methoxy groups -OCH3 is 1. The fourth-order valence-electron chi connectivity index (χ4n) is 3.45. The minimum Gasteiger partial charge on any atom is -0.491 e. The first-order chi connectivity index (χ1) is 14.4. The summed E-state index contributed by atoms with van der Waals surface area (Å²) in [5.74, 6) is -3.92. The Bertz CT molecular complexity index is 1170. The van der Waals surface area contributed by atoms with Crippen molar-refractivity contribution in [2.45, 2.75) is 31.3 Å². The Morgan fingerprint density at radius 2 is 2.03 bits per heavy atom. The number of halogens is 2. The smallest absolute Gasteiger partial charge is 0.247 e. The molecule has 8 nitrogen and oxygen atoms in total. The van der Waals surface area contributed by atoms with Crippen LogP contribution in [0.25, 0.3) is 0 Å². The Morgan fingerprint density at radius 3 is 2.65 bits per heavy atom. The van der Waals surface area contributed by atoms with Gasteiger partial charge < -0.3 is 10.1 Å². The number of nitrogens with zero attached hydrogens (tertiary/aromatic N) is 2. The maximum Gasteiger partial charge on any atom is 0.247 e. The summed E-state index contributed by atoms with van der Waals surface area (Å²) in [6, 6.07) is 3.78. The minimum atomic E-state index is -3.10. The number of hydrogen-bond donors (Lipinski definition) is 2. The van der Waals surface area contributed by atoms with Crippen molar-refractivity contribution in [1.82, 2.24) is 4.98 Å². The third-order valence-electron chi connectivity index (χ3n) is 5.01. The highest BCUT2D eigenvalue weighted by Gasteiger charge is 2.50. The minimum absolute atomic E-state index is 0.00717. The van der Waals surface area contributed by atoms with E-state index >= 15 is 0 Å². The molecular formula is C20H22F2N4O4S. The molecule has 11 heteroatoms. The standard InChI is InChI=1S/C20H22F2N4O4S/c1-20(2)10-14(18(27)25-11-7-8-24-15(9-11)31(4,23)29)26(19(20)28)13-6-5-12(21)16(22)17(13)30-3/h5-9,14,23H,10H2,1-4H3,(H,24,25,27)/t14-,31-/m1/s1. The molecule has 2 amide bonds. The van der Waals surface area contributed by atoms with Gasteiger partial charge in [-0.3, -0.25) is 14.5 Å². The zero-order valence-corrected chi connectivity index (χ0v) is 18.2. The van der Waals surface area contributed by atoms with Crippen LogP contribution in [0.4, 0.5) is 20.2 Å². The highest BCUT2D eigenvalue weighted by atomic mass is 32.2. The lowest BCUT2D eigenvalue weighted by atomic mass is 9.89. The summed E-state index contributed by atoms with van der Waals surface area (Å²) in [4.78, 5) is 31.1. The van der Waals surface area contributed by atoms with Crippen molar-refractivity contribution in [3.05, 3.63) is 42.1 Å². The molecule has 2 atom stereocenters. The molecule has 0 saturated carbocycles. The van der Waals surface area contributed by atoms with E-state index in [1.807, 2.05) is 0 Å². The van der Waals surface area contributed by atoms with Gasteiger partial charge in [0.05, 0.1) is 22.5 Å². The van der Waals surface area contributed by atoms with E-state index in [1.54, 1.807) is 13.8 Å². The van der Waals surface area contributed by atoms with Gasteiger partial charge in [0, 0.05) is 23.6 Å². The maximum atomic E-state index is 14.3. The van der Waals surface area contributed by atoms with E-state index in [4.69, 9.17) is 9.52 Å². The fraction of sp³-hybridized carbons (Fsp3) is 0.350. The number of nitrogens with one attached hydrogen (secondary N) is 2. The molecule has 3 rings (SSSR count). The number of carbonyl (C=O) groups is 2. The number of amides is 2. The molecule has 2 aromatic rings. The number of pyridine rings is 1. The maximum absolute atomic E-state index is 14.3. The van der Waals surface area contributed by atoms with Crippen molar-refractivity contribution in [3.63, 3.8) is 0 Å². The van der Waals surface area contributed by atoms with Crippen LogP contribution < -0.4 is 15.0 Å². The van der Waals surface area contributed by atoms with Gasteiger partial charge in [-0.25, -0.2) is 18.4 Å². The van der Waals surface area contributed by atoms with E-state index in [0.717, 1.165) is 18.1 Å². The van der Waals surface area contributed by atoms with Gasteiger partial charge in [-0.15, -0.1) is 0 Å². The van der Waals surface area contributed by atoms with Crippen LogP contribution in [0.1, 0.15) is 20.3 Å². The molecule has 0 aliphatic carbocycles. The van der Waals surface area contributed by atoms with E-state index in [1.165, 1.54) is 30.7 Å². The molecule has 166 valence electrons. The molecule has 0 spiro atoms. The van der Waals surface area contributed by atoms with Gasteiger partial charge >= 0.3 is 0 Å². The normalized spacial score (nSPS) is 19.7. The second-order valence-corrected chi connectivity index (χ2v) is 10.0. The van der Waals surface area contributed by atoms with Crippen LogP contribution in [0.2, 0.25) is 0 Å². The van der Waals surface area contributed by atoms with E-state index in [-0.39, 0.29) is 22.8 Å². The van der Waals surface area contributed by atoms with Crippen molar-refractivity contribution in [3.8, 4) is 5.75 Å². The summed E-state index contributed by atoms with van der Waals surface area (Å²) in [6.45, 7) is 3.30. The SMILES string of the molecule is COc1c(N2C(=O)C(C)(C)C[C@@H]2C(=O)Nc2ccnc([S@](C)(=N)=O)c2)ccc(F)c1F. The topological polar surface area (TPSA) is 112 Å². The van der Waals surface area contributed by atoms with Crippen LogP contribution in [0, 0.1) is 21.8 Å². The van der Waals surface area contributed by atoms with Gasteiger partial charge in [0.15, 0.2) is 11.6 Å². The molecule has 1 aliphatic heterocycles. The Balaban J connectivity index is 2.01. The first-order valence-corrected chi connectivity index (χ1v) is 11.2. The molecule has 0 radical (unpaired) electrons. The number of carbonyl (C=O) groups excluding carboxylic acids is 2. The Labute approximate surface area is 178 Å². The van der Waals surface area contributed by atoms with Crippen LogP contribution in [-0.2, 0) is 19.3 Å². The van der Waals surface area contributed by atoms with Crippen LogP contribution in [0.5, 0.6) is 5.75 Å². The van der Waals surface area contributed by atoms with Crippen molar-refractivity contribution in [2.75, 3.05) is 23.6 Å². The molecule has 2 heterocycles. The molecule has 2 N–H and O–H groups in total. The quantitative estimate of drug-likeness (QED) is 0.724. The lowest BCUT2D eigenvalue weighted by Gasteiger charge is -2.26. The summed E-state index contributed by atoms with van der Waals surface area (Å²) in [5, 5.41) is 2.62. The Hall–Kier alpha value is -3.08. The summed E-state index contributed by atoms with van der Waals surface area (Å²) in [7, 11) is -1.96.